The molecule has 0 radical (unpaired) electrons. The number of nitrogens with zero attached hydrogens (tertiary/aromatic N) is 2. The van der Waals surface area contributed by atoms with Crippen LogP contribution < -0.4 is 0 Å². The van der Waals surface area contributed by atoms with Crippen molar-refractivity contribution in [3.05, 3.63) is 38.3 Å². The predicted molar refractivity (Wildman–Crippen MR) is 62.4 cm³/mol. The summed E-state index contributed by atoms with van der Waals surface area (Å²) in [6, 6.07) is 4.13. The first-order valence-corrected chi connectivity index (χ1v) is 5.77. The molecule has 0 aromatic heterocycles. The third-order valence-electron chi connectivity index (χ3n) is 2.32. The van der Waals surface area contributed by atoms with Gasteiger partial charge in [-0.3, -0.25) is 19.7 Å². The fraction of sp³-hybridized carbons (Fsp3) is 0.300. The molecule has 1 aromatic rings. The Morgan fingerprint density at radius 3 is 2.82 bits per heavy atom. The normalized spacial score (nSPS) is 15.0. The van der Waals surface area contributed by atoms with E-state index in [4.69, 9.17) is 4.84 Å². The Kier molecular flexibility index (Phi) is 3.39. The van der Waals surface area contributed by atoms with Gasteiger partial charge >= 0.3 is 0 Å². The predicted octanol–water partition coefficient (Wildman–Crippen LogP) is 2.13. The summed E-state index contributed by atoms with van der Waals surface area (Å²) in [5.74, 6) is -0.355. The van der Waals surface area contributed by atoms with Gasteiger partial charge in [-0.2, -0.15) is 0 Å². The highest BCUT2D eigenvalue weighted by Gasteiger charge is 2.23. The van der Waals surface area contributed by atoms with Gasteiger partial charge in [0.05, 0.1) is 18.1 Å². The van der Waals surface area contributed by atoms with Crippen LogP contribution in [0.5, 0.6) is 0 Å². The summed E-state index contributed by atoms with van der Waals surface area (Å²) in [7, 11) is 0. The summed E-state index contributed by atoms with van der Waals surface area (Å²) in [5.41, 5.74) is 0.120. The molecule has 2 rings (SSSR count). The number of carbonyl (C=O) groups is 1. The van der Waals surface area contributed by atoms with Crippen LogP contribution in [0.25, 0.3) is 0 Å². The van der Waals surface area contributed by atoms with Crippen LogP contribution in [0.15, 0.2) is 22.7 Å². The van der Waals surface area contributed by atoms with E-state index in [9.17, 15) is 14.9 Å². The molecule has 1 aliphatic rings. The van der Waals surface area contributed by atoms with Crippen LogP contribution in [0, 0.1) is 10.1 Å². The highest BCUT2D eigenvalue weighted by Crippen LogP contribution is 2.23. The molecule has 0 bridgehead atoms. The number of hydrogen-bond acceptors (Lipinski definition) is 4. The van der Waals surface area contributed by atoms with E-state index in [0.717, 1.165) is 6.42 Å². The van der Waals surface area contributed by atoms with Gasteiger partial charge in [0.25, 0.3) is 11.6 Å². The van der Waals surface area contributed by atoms with Crippen molar-refractivity contribution >= 4 is 27.5 Å². The highest BCUT2D eigenvalue weighted by molar-refractivity contribution is 9.10. The Morgan fingerprint density at radius 1 is 1.47 bits per heavy atom. The van der Waals surface area contributed by atoms with E-state index in [1.165, 1.54) is 23.3 Å². The summed E-state index contributed by atoms with van der Waals surface area (Å²) in [6.45, 7) is 1.01. The second kappa shape index (κ2) is 4.80. The highest BCUT2D eigenvalue weighted by atomic mass is 79.9. The van der Waals surface area contributed by atoms with Gasteiger partial charge in [0.1, 0.15) is 0 Å². The summed E-state index contributed by atoms with van der Waals surface area (Å²) in [4.78, 5) is 27.2. The maximum absolute atomic E-state index is 11.9. The van der Waals surface area contributed by atoms with Crippen LogP contribution in [-0.2, 0) is 4.84 Å². The van der Waals surface area contributed by atoms with Crippen molar-refractivity contribution in [1.29, 1.82) is 0 Å². The number of benzene rings is 1. The number of non-ortho nitro benzene ring substituents is 1. The standard InChI is InChI=1S/C10H9BrN2O4/c11-8-4-7(5-9(6-8)13(15)16)10(14)12-2-1-3-17-12/h4-6H,1-3H2. The number of hydrogen-bond donors (Lipinski definition) is 0. The lowest BCUT2D eigenvalue weighted by Crippen LogP contribution is -2.26. The van der Waals surface area contributed by atoms with E-state index in [1.807, 2.05) is 0 Å². The molecule has 0 saturated carbocycles. The minimum Gasteiger partial charge on any atom is -0.271 e. The largest absolute Gasteiger partial charge is 0.277 e. The summed E-state index contributed by atoms with van der Waals surface area (Å²) in [5, 5.41) is 11.9. The lowest BCUT2D eigenvalue weighted by molar-refractivity contribution is -0.385. The maximum atomic E-state index is 11.9. The summed E-state index contributed by atoms with van der Waals surface area (Å²) < 4.78 is 0.495. The average molecular weight is 301 g/mol. The van der Waals surface area contributed by atoms with Crippen LogP contribution >= 0.6 is 15.9 Å². The van der Waals surface area contributed by atoms with Crippen LogP contribution in [0.3, 0.4) is 0 Å². The van der Waals surface area contributed by atoms with Crippen molar-refractivity contribution in [2.75, 3.05) is 13.2 Å². The second-order valence-corrected chi connectivity index (χ2v) is 4.46. The zero-order valence-corrected chi connectivity index (χ0v) is 10.3. The van der Waals surface area contributed by atoms with E-state index < -0.39 is 4.92 Å². The Morgan fingerprint density at radius 2 is 2.24 bits per heavy atom. The molecular formula is C10H9BrN2O4. The van der Waals surface area contributed by atoms with Crippen LogP contribution in [0.1, 0.15) is 16.8 Å². The molecule has 1 aromatic carbocycles. The minimum absolute atomic E-state index is 0.123. The van der Waals surface area contributed by atoms with E-state index >= 15 is 0 Å². The number of rotatable bonds is 2. The molecule has 1 saturated heterocycles. The Hall–Kier alpha value is -1.47. The van der Waals surface area contributed by atoms with Crippen molar-refractivity contribution in [2.45, 2.75) is 6.42 Å². The van der Waals surface area contributed by atoms with Crippen molar-refractivity contribution in [3.63, 3.8) is 0 Å². The number of hydroxylamine groups is 2. The van der Waals surface area contributed by atoms with Crippen LogP contribution in [0.2, 0.25) is 0 Å². The SMILES string of the molecule is O=C(c1cc(Br)cc([N+](=O)[O-])c1)N1CCCO1. The summed E-state index contributed by atoms with van der Waals surface area (Å²) in [6.07, 6.45) is 0.780. The number of nitro benzene ring substituents is 1. The molecule has 17 heavy (non-hydrogen) atoms. The molecule has 6 nitrogen and oxygen atoms in total. The van der Waals surface area contributed by atoms with E-state index in [-0.39, 0.29) is 17.2 Å². The van der Waals surface area contributed by atoms with Gasteiger partial charge in [0, 0.05) is 22.2 Å². The molecule has 0 unspecified atom stereocenters. The number of nitro groups is 1. The molecule has 0 atom stereocenters. The van der Waals surface area contributed by atoms with E-state index in [0.29, 0.717) is 17.6 Å². The molecule has 7 heteroatoms. The van der Waals surface area contributed by atoms with Gasteiger partial charge in [-0.05, 0) is 12.5 Å². The first-order valence-electron chi connectivity index (χ1n) is 4.97. The minimum atomic E-state index is -0.535. The summed E-state index contributed by atoms with van der Waals surface area (Å²) >= 11 is 3.14. The van der Waals surface area contributed by atoms with Crippen LogP contribution in [-0.4, -0.2) is 29.0 Å². The molecule has 1 fully saturated rings. The van der Waals surface area contributed by atoms with Gasteiger partial charge in [-0.1, -0.05) is 15.9 Å². The van der Waals surface area contributed by atoms with Crippen molar-refractivity contribution in [2.24, 2.45) is 0 Å². The quantitative estimate of drug-likeness (QED) is 0.619. The number of amides is 1. The second-order valence-electron chi connectivity index (χ2n) is 3.55. The lowest BCUT2D eigenvalue weighted by atomic mass is 10.2. The van der Waals surface area contributed by atoms with Crippen molar-refractivity contribution < 1.29 is 14.6 Å². The van der Waals surface area contributed by atoms with Crippen molar-refractivity contribution in [1.82, 2.24) is 5.06 Å². The maximum Gasteiger partial charge on any atom is 0.277 e. The number of carbonyl (C=O) groups excluding carboxylic acids is 1. The molecule has 0 N–H and O–H groups in total. The smallest absolute Gasteiger partial charge is 0.271 e. The molecule has 1 aliphatic heterocycles. The van der Waals surface area contributed by atoms with Gasteiger partial charge in [0.15, 0.2) is 0 Å². The van der Waals surface area contributed by atoms with Gasteiger partial charge in [0.2, 0.25) is 0 Å². The Bertz CT molecular complexity index is 471. The van der Waals surface area contributed by atoms with E-state index in [1.54, 1.807) is 0 Å². The average Bonchev–Trinajstić information content (AvgIpc) is 2.80. The molecule has 0 spiro atoms. The van der Waals surface area contributed by atoms with Gasteiger partial charge in [-0.25, -0.2) is 5.06 Å². The number of halogens is 1. The zero-order valence-electron chi connectivity index (χ0n) is 8.76. The molecule has 1 heterocycles. The van der Waals surface area contributed by atoms with Gasteiger partial charge in [-0.15, -0.1) is 0 Å². The Balaban J connectivity index is 2.31. The van der Waals surface area contributed by atoms with Crippen LogP contribution in [0.4, 0.5) is 5.69 Å². The monoisotopic (exact) mass is 300 g/mol. The topological polar surface area (TPSA) is 72.7 Å². The Labute approximate surface area is 105 Å². The van der Waals surface area contributed by atoms with E-state index in [2.05, 4.69) is 15.9 Å². The molecule has 1 amide bonds. The molecular weight excluding hydrogens is 292 g/mol. The first-order chi connectivity index (χ1) is 8.08. The molecule has 0 aliphatic carbocycles. The first kappa shape index (κ1) is 12.0. The zero-order chi connectivity index (χ0) is 12.4. The molecule has 90 valence electrons. The lowest BCUT2D eigenvalue weighted by Gasteiger charge is -2.13. The van der Waals surface area contributed by atoms with Gasteiger partial charge < -0.3 is 0 Å². The fourth-order valence-electron chi connectivity index (χ4n) is 1.55. The third kappa shape index (κ3) is 2.62. The third-order valence-corrected chi connectivity index (χ3v) is 2.78. The fourth-order valence-corrected chi connectivity index (χ4v) is 2.04. The van der Waals surface area contributed by atoms with Crippen molar-refractivity contribution in [3.8, 4) is 0 Å².